The number of benzene rings is 2. The predicted molar refractivity (Wildman–Crippen MR) is 157 cm³/mol. The molecule has 2 aromatic carbocycles. The van der Waals surface area contributed by atoms with Gasteiger partial charge in [-0.25, -0.2) is 4.98 Å². The maximum absolute atomic E-state index is 13.5. The average Bonchev–Trinajstić information content (AvgIpc) is 3.62. The number of hydrogen-bond donors (Lipinski definition) is 1. The van der Waals surface area contributed by atoms with Crippen molar-refractivity contribution >= 4 is 74.5 Å². The highest BCUT2D eigenvalue weighted by Crippen LogP contribution is 2.44. The van der Waals surface area contributed by atoms with Gasteiger partial charge in [-0.2, -0.15) is 0 Å². The summed E-state index contributed by atoms with van der Waals surface area (Å²) >= 11 is 14.8. The first-order valence-corrected chi connectivity index (χ1v) is 14.6. The van der Waals surface area contributed by atoms with Gasteiger partial charge in [-0.15, -0.1) is 10.2 Å². The number of aliphatic hydroxyl groups is 1. The van der Waals surface area contributed by atoms with Crippen LogP contribution >= 0.6 is 46.3 Å². The Bertz CT molecular complexity index is 1800. The fourth-order valence-electron chi connectivity index (χ4n) is 4.60. The molecule has 6 rings (SSSR count). The minimum atomic E-state index is -0.951. The summed E-state index contributed by atoms with van der Waals surface area (Å²) in [6.07, 6.45) is 1.74. The average molecular weight is 609 g/mol. The normalized spacial score (nSPS) is 16.8. The third-order valence-corrected chi connectivity index (χ3v) is 9.07. The number of rotatable bonds is 6. The second-order valence-electron chi connectivity index (χ2n) is 8.96. The molecule has 1 saturated heterocycles. The number of hydrogen-bond acceptors (Lipinski definition) is 8. The number of aliphatic hydroxyl groups excluding tert-OH is 1. The number of aromatic nitrogens is 4. The molecule has 8 nitrogen and oxygen atoms in total. The third-order valence-electron chi connectivity index (χ3n) is 6.44. The van der Waals surface area contributed by atoms with Gasteiger partial charge in [0.2, 0.25) is 5.13 Å². The maximum Gasteiger partial charge on any atom is 0.301 e. The van der Waals surface area contributed by atoms with E-state index >= 15 is 0 Å². The summed E-state index contributed by atoms with van der Waals surface area (Å²) in [6.45, 7) is 1.74. The van der Waals surface area contributed by atoms with Gasteiger partial charge in [0, 0.05) is 22.0 Å². The topological polar surface area (TPSA) is 101 Å². The van der Waals surface area contributed by atoms with Crippen LogP contribution in [-0.4, -0.2) is 36.4 Å². The highest BCUT2D eigenvalue weighted by atomic mass is 35.5. The number of fused-ring (bicyclic) bond motifs is 1. The van der Waals surface area contributed by atoms with Gasteiger partial charge < -0.3 is 5.11 Å². The van der Waals surface area contributed by atoms with Crippen LogP contribution in [0.5, 0.6) is 0 Å². The Balaban J connectivity index is 1.43. The van der Waals surface area contributed by atoms with Crippen molar-refractivity contribution in [2.75, 3.05) is 4.90 Å². The number of anilines is 1. The number of pyridine rings is 1. The van der Waals surface area contributed by atoms with Crippen molar-refractivity contribution in [3.8, 4) is 0 Å². The molecule has 1 atom stereocenters. The van der Waals surface area contributed by atoms with Crippen molar-refractivity contribution in [1.82, 2.24) is 19.6 Å². The van der Waals surface area contributed by atoms with Crippen molar-refractivity contribution in [3.05, 3.63) is 111 Å². The van der Waals surface area contributed by atoms with E-state index in [1.165, 1.54) is 28.0 Å². The molecule has 12 heteroatoms. The first-order valence-electron chi connectivity index (χ1n) is 12.0. The summed E-state index contributed by atoms with van der Waals surface area (Å²) in [5, 5.41) is 21.5. The van der Waals surface area contributed by atoms with Gasteiger partial charge in [-0.05, 0) is 54.4 Å². The van der Waals surface area contributed by atoms with Crippen LogP contribution in [0, 0.1) is 6.92 Å². The zero-order valence-electron chi connectivity index (χ0n) is 20.8. The lowest BCUT2D eigenvalue weighted by Gasteiger charge is -2.22. The summed E-state index contributed by atoms with van der Waals surface area (Å²) in [5.41, 5.74) is 3.03. The number of amides is 1. The van der Waals surface area contributed by atoms with Gasteiger partial charge in [0.05, 0.1) is 17.3 Å². The quantitative estimate of drug-likeness (QED) is 0.0751. The van der Waals surface area contributed by atoms with Crippen molar-refractivity contribution in [2.24, 2.45) is 0 Å². The summed E-state index contributed by atoms with van der Waals surface area (Å²) in [7, 11) is 0. The number of halogens is 2. The number of thioether (sulfide) groups is 1. The van der Waals surface area contributed by atoms with E-state index in [-0.39, 0.29) is 16.5 Å². The fraction of sp³-hybridized carbons (Fsp3) is 0.107. The molecule has 200 valence electrons. The highest BCUT2D eigenvalue weighted by molar-refractivity contribution is 8.00. The van der Waals surface area contributed by atoms with Gasteiger partial charge >= 0.3 is 5.91 Å². The first kappa shape index (κ1) is 26.5. The monoisotopic (exact) mass is 607 g/mol. The Morgan fingerprint density at radius 2 is 1.70 bits per heavy atom. The van der Waals surface area contributed by atoms with Crippen LogP contribution in [0.4, 0.5) is 5.13 Å². The fourth-order valence-corrected chi connectivity index (χ4v) is 6.68. The van der Waals surface area contributed by atoms with Crippen molar-refractivity contribution in [3.63, 3.8) is 0 Å². The van der Waals surface area contributed by atoms with Crippen LogP contribution < -0.4 is 4.90 Å². The molecule has 1 N–H and O–H groups in total. The molecule has 5 aromatic rings. The highest BCUT2D eigenvalue weighted by Gasteiger charge is 2.48. The minimum absolute atomic E-state index is 0.0633. The van der Waals surface area contributed by atoms with E-state index in [9.17, 15) is 14.7 Å². The van der Waals surface area contributed by atoms with E-state index in [1.54, 1.807) is 53.9 Å². The lowest BCUT2D eigenvalue weighted by Crippen LogP contribution is -2.29. The number of carbonyl (C=O) groups is 2. The summed E-state index contributed by atoms with van der Waals surface area (Å²) in [5.74, 6) is -1.33. The summed E-state index contributed by atoms with van der Waals surface area (Å²) < 4.78 is 2.31. The SMILES string of the molecule is Cc1nc2ccccn2c1/C(O)=C1\C(=O)C(=O)N(c2nnc(SCc3ccc(Cl)cc3)s2)C1c1ccc(Cl)cc1. The van der Waals surface area contributed by atoms with Gasteiger partial charge in [-0.1, -0.05) is 76.6 Å². The molecule has 0 saturated carbocycles. The summed E-state index contributed by atoms with van der Waals surface area (Å²) in [6, 6.07) is 18.7. The molecule has 1 fully saturated rings. The number of aryl methyl sites for hydroxylation is 1. The second kappa shape index (κ2) is 10.7. The van der Waals surface area contributed by atoms with Gasteiger partial charge in [-0.3, -0.25) is 18.9 Å². The zero-order valence-corrected chi connectivity index (χ0v) is 23.9. The van der Waals surface area contributed by atoms with Crippen LogP contribution in [0.3, 0.4) is 0 Å². The molecular formula is C28H19Cl2N5O3S2. The molecular weight excluding hydrogens is 589 g/mol. The Morgan fingerprint density at radius 1 is 1.00 bits per heavy atom. The number of ketones is 1. The Kier molecular flexibility index (Phi) is 7.09. The molecule has 3 aromatic heterocycles. The number of Topliss-reactive ketones (excluding diaryl/α,β-unsaturated/α-hetero) is 1. The van der Waals surface area contributed by atoms with E-state index in [0.717, 1.165) is 5.56 Å². The molecule has 4 heterocycles. The standard InChI is InChI=1S/C28H19Cl2N5O3S2/c1-15-22(34-13-3-2-4-20(34)31-15)24(36)21-23(17-7-11-19(30)12-8-17)35(26(38)25(21)37)27-32-33-28(40-27)39-14-16-5-9-18(29)10-6-16/h2-13,23,36H,14H2,1H3/b24-21+. The molecule has 1 aliphatic heterocycles. The van der Waals surface area contributed by atoms with Crippen molar-refractivity contribution in [2.45, 2.75) is 23.1 Å². The molecule has 1 unspecified atom stereocenters. The lowest BCUT2D eigenvalue weighted by molar-refractivity contribution is -0.132. The molecule has 1 aliphatic rings. The molecule has 0 aliphatic carbocycles. The molecule has 0 bridgehead atoms. The Hall–Kier alpha value is -3.70. The van der Waals surface area contributed by atoms with Gasteiger partial charge in [0.25, 0.3) is 5.78 Å². The number of nitrogens with zero attached hydrogens (tertiary/aromatic N) is 5. The van der Waals surface area contributed by atoms with E-state index in [2.05, 4.69) is 15.2 Å². The van der Waals surface area contributed by atoms with E-state index < -0.39 is 17.7 Å². The van der Waals surface area contributed by atoms with Crippen LogP contribution in [0.1, 0.15) is 28.6 Å². The number of imidazole rings is 1. The van der Waals surface area contributed by atoms with Crippen LogP contribution in [0.15, 0.2) is 82.8 Å². The largest absolute Gasteiger partial charge is 0.505 e. The van der Waals surface area contributed by atoms with Crippen molar-refractivity contribution in [1.29, 1.82) is 0 Å². The Morgan fingerprint density at radius 3 is 2.42 bits per heavy atom. The summed E-state index contributed by atoms with van der Waals surface area (Å²) in [4.78, 5) is 32.8. The first-order chi connectivity index (χ1) is 19.3. The van der Waals surface area contributed by atoms with Crippen molar-refractivity contribution < 1.29 is 14.7 Å². The van der Waals surface area contributed by atoms with Gasteiger partial charge in [0.15, 0.2) is 10.1 Å². The molecule has 0 radical (unpaired) electrons. The molecule has 0 spiro atoms. The van der Waals surface area contributed by atoms with E-state index in [4.69, 9.17) is 23.2 Å². The van der Waals surface area contributed by atoms with E-state index in [0.29, 0.717) is 42.7 Å². The predicted octanol–water partition coefficient (Wildman–Crippen LogP) is 6.72. The maximum atomic E-state index is 13.5. The smallest absolute Gasteiger partial charge is 0.301 e. The molecule has 1 amide bonds. The van der Waals surface area contributed by atoms with Crippen LogP contribution in [-0.2, 0) is 15.3 Å². The minimum Gasteiger partial charge on any atom is -0.505 e. The number of carbonyl (C=O) groups excluding carboxylic acids is 2. The van der Waals surface area contributed by atoms with Crippen LogP contribution in [0.2, 0.25) is 10.0 Å². The van der Waals surface area contributed by atoms with Crippen LogP contribution in [0.25, 0.3) is 11.4 Å². The zero-order chi connectivity index (χ0) is 28.0. The second-order valence-corrected chi connectivity index (χ2v) is 12.0. The van der Waals surface area contributed by atoms with E-state index in [1.807, 2.05) is 30.3 Å². The Labute approximate surface area is 246 Å². The molecule has 40 heavy (non-hydrogen) atoms. The van der Waals surface area contributed by atoms with Gasteiger partial charge in [0.1, 0.15) is 11.3 Å². The third kappa shape index (κ3) is 4.77. The lowest BCUT2D eigenvalue weighted by atomic mass is 9.96.